The second-order valence-electron chi connectivity index (χ2n) is 6.64. The molecule has 0 saturated heterocycles. The maximum Gasteiger partial charge on any atom is 0.319 e. The Bertz CT molecular complexity index is 730. The van der Waals surface area contributed by atoms with Crippen molar-refractivity contribution in [2.24, 2.45) is 5.92 Å². The number of nitrogens with one attached hydrogen (secondary N) is 3. The molecule has 0 aliphatic carbocycles. The maximum atomic E-state index is 12.4. The van der Waals surface area contributed by atoms with Crippen molar-refractivity contribution in [3.05, 3.63) is 60.2 Å². The summed E-state index contributed by atoms with van der Waals surface area (Å²) < 4.78 is 5.60. The molecule has 1 unspecified atom stereocenters. The molecule has 6 nitrogen and oxygen atoms in total. The Labute approximate surface area is 160 Å². The third kappa shape index (κ3) is 7.01. The average Bonchev–Trinajstić information content (AvgIpc) is 2.65. The fraction of sp³-hybridized carbons (Fsp3) is 0.333. The summed E-state index contributed by atoms with van der Waals surface area (Å²) in [7, 11) is 0. The van der Waals surface area contributed by atoms with Gasteiger partial charge in [-0.05, 0) is 37.1 Å². The average molecular weight is 369 g/mol. The Morgan fingerprint density at radius 1 is 1.00 bits per heavy atom. The molecule has 2 aromatic rings. The van der Waals surface area contributed by atoms with E-state index in [-0.39, 0.29) is 11.8 Å². The molecule has 0 fully saturated rings. The molecule has 2 aromatic carbocycles. The Kier molecular flexibility index (Phi) is 7.67. The third-order valence-electron chi connectivity index (χ3n) is 3.96. The van der Waals surface area contributed by atoms with Gasteiger partial charge in [-0.1, -0.05) is 49.7 Å². The number of hydrogen-bond donors (Lipinski definition) is 3. The summed E-state index contributed by atoms with van der Waals surface area (Å²) in [5.74, 6) is 0.473. The minimum Gasteiger partial charge on any atom is -0.492 e. The number of hydrogen-bond acceptors (Lipinski definition) is 3. The lowest BCUT2D eigenvalue weighted by atomic mass is 10.0. The monoisotopic (exact) mass is 369 g/mol. The zero-order chi connectivity index (χ0) is 19.6. The van der Waals surface area contributed by atoms with Crippen LogP contribution in [0.4, 0.5) is 10.5 Å². The van der Waals surface area contributed by atoms with Crippen LogP contribution in [0, 0.1) is 12.8 Å². The highest BCUT2D eigenvalue weighted by molar-refractivity contribution is 5.93. The van der Waals surface area contributed by atoms with E-state index in [2.05, 4.69) is 16.0 Å². The lowest BCUT2D eigenvalue weighted by Crippen LogP contribution is -2.51. The Balaban J connectivity index is 1.78. The highest BCUT2D eigenvalue weighted by Crippen LogP contribution is 2.11. The van der Waals surface area contributed by atoms with Crippen LogP contribution in [0.5, 0.6) is 5.75 Å². The predicted octanol–water partition coefficient (Wildman–Crippen LogP) is 3.34. The molecule has 3 amide bonds. The summed E-state index contributed by atoms with van der Waals surface area (Å²) in [6.07, 6.45) is 0. The number of para-hydroxylation sites is 1. The first-order valence-electron chi connectivity index (χ1n) is 9.05. The van der Waals surface area contributed by atoms with Crippen LogP contribution in [0.1, 0.15) is 19.4 Å². The summed E-state index contributed by atoms with van der Waals surface area (Å²) in [6, 6.07) is 15.8. The fourth-order valence-corrected chi connectivity index (χ4v) is 2.45. The van der Waals surface area contributed by atoms with Gasteiger partial charge in [0, 0.05) is 5.69 Å². The molecule has 27 heavy (non-hydrogen) atoms. The minimum atomic E-state index is -0.631. The van der Waals surface area contributed by atoms with Gasteiger partial charge in [-0.3, -0.25) is 4.79 Å². The first-order valence-corrected chi connectivity index (χ1v) is 9.05. The van der Waals surface area contributed by atoms with E-state index in [1.165, 1.54) is 0 Å². The van der Waals surface area contributed by atoms with Gasteiger partial charge in [-0.2, -0.15) is 0 Å². The SMILES string of the molecule is Cc1ccc(OCCNC(=O)C(NC(=O)Nc2ccccc2)C(C)C)cc1. The number of urea groups is 1. The van der Waals surface area contributed by atoms with Gasteiger partial charge >= 0.3 is 6.03 Å². The van der Waals surface area contributed by atoms with Crippen molar-refractivity contribution in [2.45, 2.75) is 26.8 Å². The number of rotatable bonds is 8. The lowest BCUT2D eigenvalue weighted by molar-refractivity contribution is -0.123. The largest absolute Gasteiger partial charge is 0.492 e. The third-order valence-corrected chi connectivity index (χ3v) is 3.96. The summed E-state index contributed by atoms with van der Waals surface area (Å²) in [4.78, 5) is 24.6. The zero-order valence-corrected chi connectivity index (χ0v) is 16.0. The molecular weight excluding hydrogens is 342 g/mol. The molecule has 144 valence electrons. The van der Waals surface area contributed by atoms with Crippen LogP contribution in [-0.2, 0) is 4.79 Å². The van der Waals surface area contributed by atoms with Gasteiger partial charge < -0.3 is 20.7 Å². The summed E-state index contributed by atoms with van der Waals surface area (Å²) in [5.41, 5.74) is 1.83. The molecule has 2 rings (SSSR count). The van der Waals surface area contributed by atoms with Crippen LogP contribution in [0.25, 0.3) is 0 Å². The number of amides is 3. The highest BCUT2D eigenvalue weighted by Gasteiger charge is 2.23. The molecule has 0 aliphatic rings. The summed E-state index contributed by atoms with van der Waals surface area (Å²) in [5, 5.41) is 8.26. The Morgan fingerprint density at radius 3 is 2.30 bits per heavy atom. The van der Waals surface area contributed by atoms with Crippen LogP contribution < -0.4 is 20.7 Å². The first-order chi connectivity index (χ1) is 13.0. The van der Waals surface area contributed by atoms with E-state index in [4.69, 9.17) is 4.74 Å². The molecule has 0 bridgehead atoms. The molecular formula is C21H27N3O3. The predicted molar refractivity (Wildman–Crippen MR) is 107 cm³/mol. The summed E-state index contributed by atoms with van der Waals surface area (Å²) in [6.45, 7) is 6.50. The van der Waals surface area contributed by atoms with Gasteiger partial charge in [0.15, 0.2) is 0 Å². The van der Waals surface area contributed by atoms with Crippen molar-refractivity contribution in [1.82, 2.24) is 10.6 Å². The van der Waals surface area contributed by atoms with Crippen molar-refractivity contribution in [1.29, 1.82) is 0 Å². The standard InChI is InChI=1S/C21H27N3O3/c1-15(2)19(24-21(26)23-17-7-5-4-6-8-17)20(25)22-13-14-27-18-11-9-16(3)10-12-18/h4-12,15,19H,13-14H2,1-3H3,(H,22,25)(H2,23,24,26). The number of aryl methyl sites for hydroxylation is 1. The number of anilines is 1. The van der Waals surface area contributed by atoms with Crippen LogP contribution in [0.3, 0.4) is 0 Å². The normalized spacial score (nSPS) is 11.6. The van der Waals surface area contributed by atoms with Gasteiger partial charge in [0.25, 0.3) is 0 Å². The van der Waals surface area contributed by atoms with E-state index >= 15 is 0 Å². The molecule has 0 radical (unpaired) electrons. The van der Waals surface area contributed by atoms with E-state index in [9.17, 15) is 9.59 Å². The topological polar surface area (TPSA) is 79.5 Å². The molecule has 0 aromatic heterocycles. The van der Waals surface area contributed by atoms with E-state index in [0.29, 0.717) is 18.8 Å². The number of benzene rings is 2. The number of carbonyl (C=O) groups is 2. The Morgan fingerprint density at radius 2 is 1.67 bits per heavy atom. The van der Waals surface area contributed by atoms with E-state index < -0.39 is 12.1 Å². The molecule has 0 spiro atoms. The molecule has 1 atom stereocenters. The van der Waals surface area contributed by atoms with Gasteiger partial charge in [0.05, 0.1) is 6.54 Å². The quantitative estimate of drug-likeness (QED) is 0.625. The van der Waals surface area contributed by atoms with E-state index in [1.54, 1.807) is 12.1 Å². The van der Waals surface area contributed by atoms with Crippen molar-refractivity contribution in [2.75, 3.05) is 18.5 Å². The van der Waals surface area contributed by atoms with Gasteiger partial charge in [0.1, 0.15) is 18.4 Å². The van der Waals surface area contributed by atoms with Gasteiger partial charge in [-0.25, -0.2) is 4.79 Å². The molecule has 0 heterocycles. The highest BCUT2D eigenvalue weighted by atomic mass is 16.5. The molecule has 0 aliphatic heterocycles. The smallest absolute Gasteiger partial charge is 0.319 e. The Hall–Kier alpha value is -3.02. The summed E-state index contributed by atoms with van der Waals surface area (Å²) >= 11 is 0. The molecule has 3 N–H and O–H groups in total. The fourth-order valence-electron chi connectivity index (χ4n) is 2.45. The number of ether oxygens (including phenoxy) is 1. The second-order valence-corrected chi connectivity index (χ2v) is 6.64. The maximum absolute atomic E-state index is 12.4. The van der Waals surface area contributed by atoms with E-state index in [1.807, 2.05) is 63.2 Å². The van der Waals surface area contributed by atoms with Crippen LogP contribution in [-0.4, -0.2) is 31.1 Å². The first kappa shape index (κ1) is 20.3. The van der Waals surface area contributed by atoms with Crippen molar-refractivity contribution < 1.29 is 14.3 Å². The molecule has 0 saturated carbocycles. The van der Waals surface area contributed by atoms with Crippen LogP contribution >= 0.6 is 0 Å². The van der Waals surface area contributed by atoms with Crippen LogP contribution in [0.15, 0.2) is 54.6 Å². The zero-order valence-electron chi connectivity index (χ0n) is 16.0. The van der Waals surface area contributed by atoms with Crippen LogP contribution in [0.2, 0.25) is 0 Å². The van der Waals surface area contributed by atoms with Crippen molar-refractivity contribution in [3.63, 3.8) is 0 Å². The lowest BCUT2D eigenvalue weighted by Gasteiger charge is -2.22. The minimum absolute atomic E-state index is 0.0514. The van der Waals surface area contributed by atoms with Gasteiger partial charge in [-0.15, -0.1) is 0 Å². The van der Waals surface area contributed by atoms with Crippen molar-refractivity contribution in [3.8, 4) is 5.75 Å². The van der Waals surface area contributed by atoms with E-state index in [0.717, 1.165) is 11.3 Å². The number of carbonyl (C=O) groups excluding carboxylic acids is 2. The van der Waals surface area contributed by atoms with Crippen molar-refractivity contribution >= 4 is 17.6 Å². The van der Waals surface area contributed by atoms with Gasteiger partial charge in [0.2, 0.25) is 5.91 Å². The second kappa shape index (κ2) is 10.2. The molecule has 6 heteroatoms.